The molecule has 0 saturated heterocycles. The standard InChI is InChI=1S/C12H18F3N3S/c13-12(14,15)9-5-3-8(4-6-9)11-18-17-10(19-11)2-1-7-16/h8-9H,1-7,16H2. The van der Waals surface area contributed by atoms with Crippen molar-refractivity contribution in [2.24, 2.45) is 11.7 Å². The molecule has 0 bridgehead atoms. The molecular weight excluding hydrogens is 275 g/mol. The van der Waals surface area contributed by atoms with Gasteiger partial charge in [-0.15, -0.1) is 21.5 Å². The first-order chi connectivity index (χ1) is 9.00. The van der Waals surface area contributed by atoms with E-state index in [-0.39, 0.29) is 18.8 Å². The number of aromatic nitrogens is 2. The Morgan fingerprint density at radius 1 is 1.16 bits per heavy atom. The first kappa shape index (κ1) is 14.7. The molecule has 0 amide bonds. The second-order valence-corrected chi connectivity index (χ2v) is 6.11. The summed E-state index contributed by atoms with van der Waals surface area (Å²) in [5.41, 5.74) is 5.43. The van der Waals surface area contributed by atoms with Crippen LogP contribution in [-0.4, -0.2) is 22.9 Å². The summed E-state index contributed by atoms with van der Waals surface area (Å²) in [4.78, 5) is 0. The predicted molar refractivity (Wildman–Crippen MR) is 68.0 cm³/mol. The minimum absolute atomic E-state index is 0.155. The highest BCUT2D eigenvalue weighted by Gasteiger charge is 2.42. The fraction of sp³-hybridized carbons (Fsp3) is 0.833. The molecule has 2 rings (SSSR count). The lowest BCUT2D eigenvalue weighted by molar-refractivity contribution is -0.182. The summed E-state index contributed by atoms with van der Waals surface area (Å²) in [7, 11) is 0. The van der Waals surface area contributed by atoms with E-state index >= 15 is 0 Å². The quantitative estimate of drug-likeness (QED) is 0.927. The van der Waals surface area contributed by atoms with Gasteiger partial charge in [-0.05, 0) is 38.6 Å². The molecule has 1 aromatic heterocycles. The molecule has 3 nitrogen and oxygen atoms in total. The molecule has 0 aromatic carbocycles. The Balaban J connectivity index is 1.89. The molecule has 108 valence electrons. The van der Waals surface area contributed by atoms with E-state index in [0.717, 1.165) is 22.9 Å². The Labute approximate surface area is 114 Å². The number of hydrogen-bond acceptors (Lipinski definition) is 4. The van der Waals surface area contributed by atoms with Crippen molar-refractivity contribution in [3.8, 4) is 0 Å². The molecule has 0 unspecified atom stereocenters. The average Bonchev–Trinajstić information content (AvgIpc) is 2.84. The van der Waals surface area contributed by atoms with Crippen molar-refractivity contribution in [1.82, 2.24) is 10.2 Å². The number of rotatable bonds is 4. The van der Waals surface area contributed by atoms with E-state index in [0.29, 0.717) is 19.4 Å². The van der Waals surface area contributed by atoms with Gasteiger partial charge in [0.15, 0.2) is 0 Å². The highest BCUT2D eigenvalue weighted by molar-refractivity contribution is 7.11. The van der Waals surface area contributed by atoms with Gasteiger partial charge in [0.2, 0.25) is 0 Å². The number of halogens is 3. The van der Waals surface area contributed by atoms with Crippen molar-refractivity contribution in [2.45, 2.75) is 50.6 Å². The maximum atomic E-state index is 12.6. The summed E-state index contributed by atoms with van der Waals surface area (Å²) in [6.07, 6.45) is -0.803. The first-order valence-corrected chi connectivity index (χ1v) is 7.41. The molecule has 19 heavy (non-hydrogen) atoms. The van der Waals surface area contributed by atoms with E-state index in [2.05, 4.69) is 10.2 Å². The van der Waals surface area contributed by atoms with E-state index < -0.39 is 12.1 Å². The molecule has 0 spiro atoms. The summed E-state index contributed by atoms with van der Waals surface area (Å²) >= 11 is 1.53. The van der Waals surface area contributed by atoms with E-state index in [4.69, 9.17) is 5.73 Å². The molecule has 7 heteroatoms. The average molecular weight is 293 g/mol. The molecule has 1 aliphatic rings. The largest absolute Gasteiger partial charge is 0.391 e. The van der Waals surface area contributed by atoms with Gasteiger partial charge >= 0.3 is 6.18 Å². The number of hydrogen-bond donors (Lipinski definition) is 1. The van der Waals surface area contributed by atoms with Crippen LogP contribution in [0, 0.1) is 5.92 Å². The molecule has 0 radical (unpaired) electrons. The highest BCUT2D eigenvalue weighted by atomic mass is 32.1. The minimum atomic E-state index is -4.04. The predicted octanol–water partition coefficient (Wildman–Crippen LogP) is 3.27. The van der Waals surface area contributed by atoms with E-state index in [1.807, 2.05) is 0 Å². The van der Waals surface area contributed by atoms with Gasteiger partial charge in [0.25, 0.3) is 0 Å². The van der Waals surface area contributed by atoms with E-state index in [1.165, 1.54) is 11.3 Å². The fourth-order valence-corrected chi connectivity index (χ4v) is 3.51. The summed E-state index contributed by atoms with van der Waals surface area (Å²) in [6.45, 7) is 0.617. The number of nitrogens with two attached hydrogens (primary N) is 1. The Morgan fingerprint density at radius 3 is 2.42 bits per heavy atom. The first-order valence-electron chi connectivity index (χ1n) is 6.59. The van der Waals surface area contributed by atoms with Crippen LogP contribution in [0.25, 0.3) is 0 Å². The zero-order chi connectivity index (χ0) is 13.9. The highest BCUT2D eigenvalue weighted by Crippen LogP contribution is 2.43. The Hall–Kier alpha value is -0.690. The molecule has 0 aliphatic heterocycles. The topological polar surface area (TPSA) is 51.8 Å². The lowest BCUT2D eigenvalue weighted by Gasteiger charge is -2.28. The van der Waals surface area contributed by atoms with Gasteiger partial charge in [-0.3, -0.25) is 0 Å². The number of alkyl halides is 3. The molecule has 1 aromatic rings. The van der Waals surface area contributed by atoms with E-state index in [1.54, 1.807) is 0 Å². The van der Waals surface area contributed by atoms with Gasteiger partial charge < -0.3 is 5.73 Å². The van der Waals surface area contributed by atoms with Crippen LogP contribution in [0.3, 0.4) is 0 Å². The van der Waals surface area contributed by atoms with Crippen LogP contribution in [0.15, 0.2) is 0 Å². The normalized spacial score (nSPS) is 24.6. The molecule has 2 N–H and O–H groups in total. The van der Waals surface area contributed by atoms with Gasteiger partial charge in [0.05, 0.1) is 5.92 Å². The van der Waals surface area contributed by atoms with Gasteiger partial charge in [0, 0.05) is 12.3 Å². The van der Waals surface area contributed by atoms with E-state index in [9.17, 15) is 13.2 Å². The van der Waals surface area contributed by atoms with Crippen LogP contribution in [0.1, 0.15) is 48.0 Å². The van der Waals surface area contributed by atoms with Crippen LogP contribution in [0.5, 0.6) is 0 Å². The smallest absolute Gasteiger partial charge is 0.330 e. The van der Waals surface area contributed by atoms with Crippen molar-refractivity contribution in [3.63, 3.8) is 0 Å². The molecule has 0 atom stereocenters. The SMILES string of the molecule is NCCCc1nnc(C2CCC(C(F)(F)F)CC2)s1. The van der Waals surface area contributed by atoms with Crippen LogP contribution in [0.2, 0.25) is 0 Å². The third-order valence-corrected chi connectivity index (χ3v) is 4.76. The lowest BCUT2D eigenvalue weighted by atomic mass is 9.82. The molecule has 1 fully saturated rings. The Bertz CT molecular complexity index is 397. The minimum Gasteiger partial charge on any atom is -0.330 e. The van der Waals surface area contributed by atoms with Crippen LogP contribution in [0.4, 0.5) is 13.2 Å². The zero-order valence-corrected chi connectivity index (χ0v) is 11.4. The van der Waals surface area contributed by atoms with Gasteiger partial charge in [-0.25, -0.2) is 0 Å². The fourth-order valence-electron chi connectivity index (χ4n) is 2.45. The maximum absolute atomic E-state index is 12.6. The molecule has 1 heterocycles. The van der Waals surface area contributed by atoms with Crippen molar-refractivity contribution in [1.29, 1.82) is 0 Å². The van der Waals surface area contributed by atoms with Crippen LogP contribution < -0.4 is 5.73 Å². The lowest BCUT2D eigenvalue weighted by Crippen LogP contribution is -2.27. The van der Waals surface area contributed by atoms with Crippen molar-refractivity contribution in [2.75, 3.05) is 6.54 Å². The third kappa shape index (κ3) is 3.89. The van der Waals surface area contributed by atoms with Gasteiger partial charge in [-0.2, -0.15) is 13.2 Å². The van der Waals surface area contributed by atoms with Crippen molar-refractivity contribution < 1.29 is 13.2 Å². The van der Waals surface area contributed by atoms with Crippen molar-refractivity contribution >= 4 is 11.3 Å². The summed E-state index contributed by atoms with van der Waals surface area (Å²) in [6, 6.07) is 0. The Morgan fingerprint density at radius 2 is 1.84 bits per heavy atom. The third-order valence-electron chi connectivity index (χ3n) is 3.62. The summed E-state index contributed by atoms with van der Waals surface area (Å²) in [5, 5.41) is 10.1. The van der Waals surface area contributed by atoms with Crippen LogP contribution >= 0.6 is 11.3 Å². The summed E-state index contributed by atoms with van der Waals surface area (Å²) in [5.74, 6) is -0.976. The molecule has 1 saturated carbocycles. The van der Waals surface area contributed by atoms with Gasteiger partial charge in [0.1, 0.15) is 10.0 Å². The number of nitrogens with zero attached hydrogens (tertiary/aromatic N) is 2. The monoisotopic (exact) mass is 293 g/mol. The number of aryl methyl sites for hydroxylation is 1. The van der Waals surface area contributed by atoms with Crippen molar-refractivity contribution in [3.05, 3.63) is 10.0 Å². The molecular formula is C12H18F3N3S. The zero-order valence-electron chi connectivity index (χ0n) is 10.6. The second-order valence-electron chi connectivity index (χ2n) is 5.02. The Kier molecular flexibility index (Phi) is 4.78. The summed E-state index contributed by atoms with van der Waals surface area (Å²) < 4.78 is 37.7. The van der Waals surface area contributed by atoms with Gasteiger partial charge in [-0.1, -0.05) is 0 Å². The second kappa shape index (κ2) is 6.17. The maximum Gasteiger partial charge on any atom is 0.391 e. The molecule has 1 aliphatic carbocycles. The van der Waals surface area contributed by atoms with Crippen LogP contribution in [-0.2, 0) is 6.42 Å².